The van der Waals surface area contributed by atoms with E-state index in [0.29, 0.717) is 25.3 Å². The molecule has 1 aliphatic rings. The Morgan fingerprint density at radius 2 is 1.95 bits per heavy atom. The standard InChI is InChI=1S/C14H16F2O3S/c1-20(18,19)11-4-2-3-9(7-11)14(17)12-6-5-10(15)8-13(12)16/h5-6,8-9,11H,2-4,7H2,1H3. The molecule has 110 valence electrons. The minimum absolute atomic E-state index is 0.162. The molecule has 0 spiro atoms. The minimum atomic E-state index is -3.20. The summed E-state index contributed by atoms with van der Waals surface area (Å²) in [5, 5.41) is -0.547. The van der Waals surface area contributed by atoms with Crippen LogP contribution in [0.25, 0.3) is 0 Å². The Kier molecular flexibility index (Phi) is 4.22. The molecule has 6 heteroatoms. The van der Waals surface area contributed by atoms with E-state index in [-0.39, 0.29) is 12.0 Å². The SMILES string of the molecule is CS(=O)(=O)C1CCCC(C(=O)c2ccc(F)cc2F)C1. The predicted molar refractivity (Wildman–Crippen MR) is 71.3 cm³/mol. The average Bonchev–Trinajstić information content (AvgIpc) is 2.37. The van der Waals surface area contributed by atoms with Crippen LogP contribution in [0, 0.1) is 17.6 Å². The van der Waals surface area contributed by atoms with Gasteiger partial charge in [0.15, 0.2) is 5.78 Å². The fourth-order valence-electron chi connectivity index (χ4n) is 2.68. The molecule has 20 heavy (non-hydrogen) atoms. The molecule has 3 nitrogen and oxygen atoms in total. The molecule has 1 saturated carbocycles. The zero-order chi connectivity index (χ0) is 14.9. The van der Waals surface area contributed by atoms with Crippen LogP contribution in [0.3, 0.4) is 0 Å². The quantitative estimate of drug-likeness (QED) is 0.807. The second-order valence-corrected chi connectivity index (χ2v) is 7.63. The first kappa shape index (κ1) is 15.1. The van der Waals surface area contributed by atoms with Crippen LogP contribution in [-0.2, 0) is 9.84 Å². The van der Waals surface area contributed by atoms with Crippen LogP contribution in [0.15, 0.2) is 18.2 Å². The van der Waals surface area contributed by atoms with Crippen LogP contribution in [0.5, 0.6) is 0 Å². The third kappa shape index (κ3) is 3.23. The predicted octanol–water partition coefficient (Wildman–Crippen LogP) is 2.75. The van der Waals surface area contributed by atoms with Gasteiger partial charge in [-0.3, -0.25) is 4.79 Å². The van der Waals surface area contributed by atoms with Crippen LogP contribution < -0.4 is 0 Å². The van der Waals surface area contributed by atoms with E-state index in [9.17, 15) is 22.0 Å². The van der Waals surface area contributed by atoms with E-state index in [2.05, 4.69) is 0 Å². The molecule has 0 amide bonds. The van der Waals surface area contributed by atoms with Crippen LogP contribution in [0.1, 0.15) is 36.0 Å². The number of ketones is 1. The maximum absolute atomic E-state index is 13.6. The van der Waals surface area contributed by atoms with Crippen molar-refractivity contribution in [1.82, 2.24) is 0 Å². The molecule has 0 heterocycles. The van der Waals surface area contributed by atoms with Gasteiger partial charge in [0.2, 0.25) is 0 Å². The third-order valence-corrected chi connectivity index (χ3v) is 5.44. The summed E-state index contributed by atoms with van der Waals surface area (Å²) in [6.07, 6.45) is 3.07. The fourth-order valence-corrected chi connectivity index (χ4v) is 3.86. The Balaban J connectivity index is 2.21. The van der Waals surface area contributed by atoms with Gasteiger partial charge < -0.3 is 0 Å². The Morgan fingerprint density at radius 3 is 2.55 bits per heavy atom. The van der Waals surface area contributed by atoms with Gasteiger partial charge in [0.05, 0.1) is 10.8 Å². The number of hydrogen-bond donors (Lipinski definition) is 0. The summed E-state index contributed by atoms with van der Waals surface area (Å²) in [5.74, 6) is -2.58. The van der Waals surface area contributed by atoms with E-state index in [1.54, 1.807) is 0 Å². The average molecular weight is 302 g/mol. The lowest BCUT2D eigenvalue weighted by atomic mass is 9.83. The van der Waals surface area contributed by atoms with E-state index < -0.39 is 38.4 Å². The number of carbonyl (C=O) groups excluding carboxylic acids is 1. The molecule has 0 radical (unpaired) electrons. The largest absolute Gasteiger partial charge is 0.294 e. The topological polar surface area (TPSA) is 51.2 Å². The smallest absolute Gasteiger partial charge is 0.168 e. The monoisotopic (exact) mass is 302 g/mol. The Hall–Kier alpha value is -1.30. The highest BCUT2D eigenvalue weighted by Crippen LogP contribution is 2.31. The van der Waals surface area contributed by atoms with Crippen molar-refractivity contribution < 1.29 is 22.0 Å². The molecule has 1 aromatic carbocycles. The lowest BCUT2D eigenvalue weighted by molar-refractivity contribution is 0.0886. The lowest BCUT2D eigenvalue weighted by Crippen LogP contribution is -2.31. The third-order valence-electron chi connectivity index (χ3n) is 3.80. The van der Waals surface area contributed by atoms with E-state index in [1.165, 1.54) is 0 Å². The van der Waals surface area contributed by atoms with Crippen molar-refractivity contribution in [3.05, 3.63) is 35.4 Å². The Labute approximate surface area is 116 Å². The number of rotatable bonds is 3. The molecule has 2 atom stereocenters. The molecule has 0 N–H and O–H groups in total. The normalized spacial score (nSPS) is 23.6. The lowest BCUT2D eigenvalue weighted by Gasteiger charge is -2.27. The van der Waals surface area contributed by atoms with Crippen molar-refractivity contribution in [2.24, 2.45) is 5.92 Å². The zero-order valence-corrected chi connectivity index (χ0v) is 11.9. The van der Waals surface area contributed by atoms with Crippen LogP contribution in [-0.4, -0.2) is 25.7 Å². The second-order valence-electron chi connectivity index (χ2n) is 5.30. The summed E-state index contributed by atoms with van der Waals surface area (Å²) in [5.41, 5.74) is -0.162. The highest BCUT2D eigenvalue weighted by Gasteiger charge is 2.33. The Morgan fingerprint density at radius 1 is 1.25 bits per heavy atom. The molecular formula is C14H16F2O3S. The molecule has 2 unspecified atom stereocenters. The van der Waals surface area contributed by atoms with Gasteiger partial charge in [0, 0.05) is 18.2 Å². The van der Waals surface area contributed by atoms with Gasteiger partial charge >= 0.3 is 0 Å². The molecule has 1 fully saturated rings. The molecular weight excluding hydrogens is 286 g/mol. The van der Waals surface area contributed by atoms with Gasteiger partial charge in [-0.2, -0.15) is 0 Å². The first-order chi connectivity index (χ1) is 9.29. The van der Waals surface area contributed by atoms with E-state index in [0.717, 1.165) is 18.4 Å². The van der Waals surface area contributed by atoms with E-state index >= 15 is 0 Å². The highest BCUT2D eigenvalue weighted by molar-refractivity contribution is 7.91. The fraction of sp³-hybridized carbons (Fsp3) is 0.500. The number of carbonyl (C=O) groups is 1. The molecule has 0 aliphatic heterocycles. The second kappa shape index (κ2) is 5.60. The van der Waals surface area contributed by atoms with Crippen molar-refractivity contribution in [1.29, 1.82) is 0 Å². The van der Waals surface area contributed by atoms with E-state index in [1.807, 2.05) is 0 Å². The molecule has 0 bridgehead atoms. The van der Waals surface area contributed by atoms with Crippen molar-refractivity contribution in [3.8, 4) is 0 Å². The van der Waals surface area contributed by atoms with Gasteiger partial charge in [-0.25, -0.2) is 17.2 Å². The van der Waals surface area contributed by atoms with Gasteiger partial charge in [-0.1, -0.05) is 6.42 Å². The van der Waals surface area contributed by atoms with Crippen molar-refractivity contribution in [3.63, 3.8) is 0 Å². The van der Waals surface area contributed by atoms with Gasteiger partial charge in [0.1, 0.15) is 21.5 Å². The number of hydrogen-bond acceptors (Lipinski definition) is 3. The first-order valence-electron chi connectivity index (χ1n) is 6.47. The summed E-state index contributed by atoms with van der Waals surface area (Å²) < 4.78 is 49.6. The van der Waals surface area contributed by atoms with Crippen LogP contribution in [0.4, 0.5) is 8.78 Å². The van der Waals surface area contributed by atoms with Crippen molar-refractivity contribution >= 4 is 15.6 Å². The molecule has 0 aromatic heterocycles. The summed E-state index contributed by atoms with van der Waals surface area (Å²) in [6.45, 7) is 0. The zero-order valence-electron chi connectivity index (χ0n) is 11.1. The number of benzene rings is 1. The van der Waals surface area contributed by atoms with Gasteiger partial charge in [-0.15, -0.1) is 0 Å². The summed E-state index contributed by atoms with van der Waals surface area (Å²) in [4.78, 5) is 12.2. The summed E-state index contributed by atoms with van der Waals surface area (Å²) >= 11 is 0. The van der Waals surface area contributed by atoms with Gasteiger partial charge in [0.25, 0.3) is 0 Å². The van der Waals surface area contributed by atoms with Crippen LogP contribution in [0.2, 0.25) is 0 Å². The van der Waals surface area contributed by atoms with Gasteiger partial charge in [-0.05, 0) is 31.4 Å². The molecule has 1 aromatic rings. The minimum Gasteiger partial charge on any atom is -0.294 e. The van der Waals surface area contributed by atoms with Crippen molar-refractivity contribution in [2.75, 3.05) is 6.26 Å². The number of Topliss-reactive ketones (excluding diaryl/α,β-unsaturated/α-hetero) is 1. The summed E-state index contributed by atoms with van der Waals surface area (Å²) in [6, 6.07) is 2.83. The molecule has 0 saturated heterocycles. The summed E-state index contributed by atoms with van der Waals surface area (Å²) in [7, 11) is -3.20. The van der Waals surface area contributed by atoms with E-state index in [4.69, 9.17) is 0 Å². The highest BCUT2D eigenvalue weighted by atomic mass is 32.2. The Bertz CT molecular complexity index is 625. The molecule has 2 rings (SSSR count). The number of sulfone groups is 1. The van der Waals surface area contributed by atoms with Crippen molar-refractivity contribution in [2.45, 2.75) is 30.9 Å². The molecule has 1 aliphatic carbocycles. The maximum Gasteiger partial charge on any atom is 0.168 e. The van der Waals surface area contributed by atoms with Crippen LogP contribution >= 0.6 is 0 Å². The number of halogens is 2. The first-order valence-corrected chi connectivity index (χ1v) is 8.42. The maximum atomic E-state index is 13.6.